The van der Waals surface area contributed by atoms with Crippen LogP contribution in [0.25, 0.3) is 0 Å². The van der Waals surface area contributed by atoms with Gasteiger partial charge < -0.3 is 24.2 Å². The van der Waals surface area contributed by atoms with Gasteiger partial charge in [0.1, 0.15) is 18.9 Å². The van der Waals surface area contributed by atoms with E-state index >= 15 is 0 Å². The fourth-order valence-electron chi connectivity index (χ4n) is 1.74. The topological polar surface area (TPSA) is 85.3 Å². The van der Waals surface area contributed by atoms with E-state index < -0.39 is 5.97 Å². The zero-order valence-corrected chi connectivity index (χ0v) is 12.8. The van der Waals surface area contributed by atoms with E-state index in [1.807, 2.05) is 0 Å². The molecule has 1 rings (SSSR count). The third kappa shape index (κ3) is 6.11. The van der Waals surface area contributed by atoms with Gasteiger partial charge in [-0.05, 0) is 24.3 Å². The number of ether oxygens (including phenoxy) is 3. The summed E-state index contributed by atoms with van der Waals surface area (Å²) in [7, 11) is 3.08. The van der Waals surface area contributed by atoms with Gasteiger partial charge in [0.2, 0.25) is 0 Å². The summed E-state index contributed by atoms with van der Waals surface area (Å²) in [5.41, 5.74) is 0.399. The summed E-state index contributed by atoms with van der Waals surface area (Å²) in [6.45, 7) is 1.02. The molecule has 1 amide bonds. The Morgan fingerprint density at radius 3 is 2.23 bits per heavy atom. The first-order valence-electron chi connectivity index (χ1n) is 6.80. The smallest absolute Gasteiger partial charge is 0.323 e. The van der Waals surface area contributed by atoms with Crippen LogP contribution in [-0.4, -0.2) is 69.0 Å². The van der Waals surface area contributed by atoms with E-state index in [0.29, 0.717) is 24.5 Å². The summed E-state index contributed by atoms with van der Waals surface area (Å²) in [5.74, 6) is -0.804. The number of methoxy groups -OCH3 is 2. The molecule has 0 spiro atoms. The lowest BCUT2D eigenvalue weighted by atomic mass is 10.2. The molecule has 7 heteroatoms. The zero-order chi connectivity index (χ0) is 16.4. The molecule has 0 aromatic heterocycles. The molecule has 0 saturated carbocycles. The highest BCUT2D eigenvalue weighted by Gasteiger charge is 2.18. The number of amides is 1. The Morgan fingerprint density at radius 2 is 1.68 bits per heavy atom. The van der Waals surface area contributed by atoms with Crippen LogP contribution in [0.15, 0.2) is 24.3 Å². The Balaban J connectivity index is 2.69. The van der Waals surface area contributed by atoms with Crippen molar-refractivity contribution in [2.45, 2.75) is 0 Å². The van der Waals surface area contributed by atoms with Crippen LogP contribution in [0, 0.1) is 0 Å². The van der Waals surface area contributed by atoms with Crippen LogP contribution < -0.4 is 4.74 Å². The number of carboxylic acids is 1. The number of benzene rings is 1. The van der Waals surface area contributed by atoms with Gasteiger partial charge in [-0.2, -0.15) is 0 Å². The molecule has 1 aromatic rings. The normalized spacial score (nSPS) is 10.3. The van der Waals surface area contributed by atoms with Gasteiger partial charge in [-0.1, -0.05) is 0 Å². The Kier molecular flexibility index (Phi) is 7.95. The molecular weight excluding hydrogens is 290 g/mol. The van der Waals surface area contributed by atoms with Crippen molar-refractivity contribution in [3.05, 3.63) is 29.8 Å². The molecule has 0 radical (unpaired) electrons. The first-order valence-corrected chi connectivity index (χ1v) is 6.80. The summed E-state index contributed by atoms with van der Waals surface area (Å²) in [5, 5.41) is 8.88. The minimum Gasteiger partial charge on any atom is -0.491 e. The summed E-state index contributed by atoms with van der Waals surface area (Å²) in [6.07, 6.45) is 0. The molecule has 0 unspecified atom stereocenters. The molecule has 22 heavy (non-hydrogen) atoms. The van der Waals surface area contributed by atoms with Crippen LogP contribution in [0.5, 0.6) is 5.75 Å². The van der Waals surface area contributed by atoms with Gasteiger partial charge >= 0.3 is 5.97 Å². The lowest BCUT2D eigenvalue weighted by Gasteiger charge is -2.20. The molecule has 122 valence electrons. The van der Waals surface area contributed by atoms with Crippen LogP contribution >= 0.6 is 0 Å². The minimum absolute atomic E-state index is 0.216. The van der Waals surface area contributed by atoms with E-state index in [2.05, 4.69) is 0 Å². The average molecular weight is 311 g/mol. The second kappa shape index (κ2) is 9.75. The number of carbonyl (C=O) groups is 2. The number of nitrogens with zero attached hydrogens (tertiary/aromatic N) is 1. The maximum atomic E-state index is 12.3. The molecule has 0 fully saturated rings. The van der Waals surface area contributed by atoms with Crippen LogP contribution in [-0.2, 0) is 14.3 Å². The maximum absolute atomic E-state index is 12.3. The second-order valence-electron chi connectivity index (χ2n) is 4.48. The van der Waals surface area contributed by atoms with Crippen molar-refractivity contribution < 1.29 is 28.9 Å². The van der Waals surface area contributed by atoms with Crippen molar-refractivity contribution in [3.63, 3.8) is 0 Å². The predicted octanol–water partition coefficient (Wildman–Crippen LogP) is 0.885. The van der Waals surface area contributed by atoms with Gasteiger partial charge in [-0.25, -0.2) is 0 Å². The molecule has 0 bridgehead atoms. The van der Waals surface area contributed by atoms with E-state index in [9.17, 15) is 9.59 Å². The molecule has 0 atom stereocenters. The SMILES string of the molecule is COCCOc1ccc(C(=O)N(CCOC)CC(=O)O)cc1. The second-order valence-corrected chi connectivity index (χ2v) is 4.48. The Labute approximate surface area is 129 Å². The molecule has 0 heterocycles. The highest BCUT2D eigenvalue weighted by Crippen LogP contribution is 2.14. The van der Waals surface area contributed by atoms with Crippen molar-refractivity contribution in [3.8, 4) is 5.75 Å². The third-order valence-electron chi connectivity index (χ3n) is 2.84. The molecule has 0 aliphatic carbocycles. The number of carbonyl (C=O) groups excluding carboxylic acids is 1. The van der Waals surface area contributed by atoms with Crippen molar-refractivity contribution in [2.24, 2.45) is 0 Å². The number of hydrogen-bond acceptors (Lipinski definition) is 5. The van der Waals surface area contributed by atoms with Gasteiger partial charge in [0.25, 0.3) is 5.91 Å². The third-order valence-corrected chi connectivity index (χ3v) is 2.84. The van der Waals surface area contributed by atoms with Gasteiger partial charge in [0.05, 0.1) is 13.2 Å². The summed E-state index contributed by atoms with van der Waals surface area (Å²) < 4.78 is 15.2. The van der Waals surface area contributed by atoms with E-state index in [-0.39, 0.29) is 25.6 Å². The molecular formula is C15H21NO6. The number of rotatable bonds is 10. The monoisotopic (exact) mass is 311 g/mol. The minimum atomic E-state index is -1.07. The summed E-state index contributed by atoms with van der Waals surface area (Å²) in [4.78, 5) is 24.4. The Bertz CT molecular complexity index is 473. The van der Waals surface area contributed by atoms with Gasteiger partial charge in [-0.3, -0.25) is 9.59 Å². The lowest BCUT2D eigenvalue weighted by Crippen LogP contribution is -2.37. The van der Waals surface area contributed by atoms with Crippen LogP contribution in [0.1, 0.15) is 10.4 Å². The number of carboxylic acid groups (broad SMARTS) is 1. The largest absolute Gasteiger partial charge is 0.491 e. The average Bonchev–Trinajstić information content (AvgIpc) is 2.51. The van der Waals surface area contributed by atoms with Crippen molar-refractivity contribution in [1.82, 2.24) is 4.90 Å². The van der Waals surface area contributed by atoms with Crippen molar-refractivity contribution >= 4 is 11.9 Å². The molecule has 1 N–H and O–H groups in total. The van der Waals surface area contributed by atoms with E-state index in [1.165, 1.54) is 12.0 Å². The highest BCUT2D eigenvalue weighted by molar-refractivity contribution is 5.95. The van der Waals surface area contributed by atoms with Crippen molar-refractivity contribution in [2.75, 3.05) is 47.1 Å². The Hall–Kier alpha value is -2.12. The Morgan fingerprint density at radius 1 is 1.05 bits per heavy atom. The molecule has 1 aromatic carbocycles. The fourth-order valence-corrected chi connectivity index (χ4v) is 1.74. The van der Waals surface area contributed by atoms with Gasteiger partial charge in [-0.15, -0.1) is 0 Å². The molecule has 7 nitrogen and oxygen atoms in total. The fraction of sp³-hybridized carbons (Fsp3) is 0.467. The van der Waals surface area contributed by atoms with Crippen molar-refractivity contribution in [1.29, 1.82) is 0 Å². The number of hydrogen-bond donors (Lipinski definition) is 1. The van der Waals surface area contributed by atoms with Crippen LogP contribution in [0.4, 0.5) is 0 Å². The van der Waals surface area contributed by atoms with Gasteiger partial charge in [0.15, 0.2) is 0 Å². The highest BCUT2D eigenvalue weighted by atomic mass is 16.5. The molecule has 0 aliphatic rings. The quantitative estimate of drug-likeness (QED) is 0.646. The first-order chi connectivity index (χ1) is 10.6. The van der Waals surface area contributed by atoms with Crippen LogP contribution in [0.3, 0.4) is 0 Å². The zero-order valence-electron chi connectivity index (χ0n) is 12.8. The lowest BCUT2D eigenvalue weighted by molar-refractivity contribution is -0.137. The standard InChI is InChI=1S/C15H21NO6/c1-20-8-7-16(11-14(17)18)15(19)12-3-5-13(6-4-12)22-10-9-21-2/h3-6H,7-11H2,1-2H3,(H,17,18). The predicted molar refractivity (Wildman–Crippen MR) is 79.2 cm³/mol. The van der Waals surface area contributed by atoms with Gasteiger partial charge in [0, 0.05) is 26.3 Å². The van der Waals surface area contributed by atoms with Crippen LogP contribution in [0.2, 0.25) is 0 Å². The molecule has 0 saturated heterocycles. The molecule has 0 aliphatic heterocycles. The van der Waals surface area contributed by atoms with E-state index in [4.69, 9.17) is 19.3 Å². The van der Waals surface area contributed by atoms with E-state index in [0.717, 1.165) is 0 Å². The summed E-state index contributed by atoms with van der Waals surface area (Å²) >= 11 is 0. The maximum Gasteiger partial charge on any atom is 0.323 e. The number of aliphatic carboxylic acids is 1. The van der Waals surface area contributed by atoms with E-state index in [1.54, 1.807) is 31.4 Å². The summed E-state index contributed by atoms with van der Waals surface area (Å²) in [6, 6.07) is 6.54. The first kappa shape index (κ1) is 17.9.